The molecule has 5 heterocycles. The minimum Gasteiger partial charge on any atom is -0.351 e. The van der Waals surface area contributed by atoms with Gasteiger partial charge in [0.25, 0.3) is 17.4 Å². The Morgan fingerprint density at radius 1 is 0.864 bits per heavy atom. The first-order valence-electron chi connectivity index (χ1n) is 20.4. The Bertz CT molecular complexity index is 2360. The quantitative estimate of drug-likeness (QED) is 0.189. The number of rotatable bonds is 13. The van der Waals surface area contributed by atoms with E-state index >= 15 is 0 Å². The molecule has 2 atom stereocenters. The minimum absolute atomic E-state index is 0.0181. The normalized spacial score (nSPS) is 19.9. The predicted molar refractivity (Wildman–Crippen MR) is 224 cm³/mol. The largest absolute Gasteiger partial charge is 0.351 e. The molecule has 4 amide bonds. The second-order valence-electron chi connectivity index (χ2n) is 16.0. The van der Waals surface area contributed by atoms with Gasteiger partial charge in [0, 0.05) is 88.7 Å². The molecule has 8 rings (SSSR count). The number of likely N-dealkylation sites (N-methyl/N-ethyl adjacent to an activating group) is 2. The number of anilines is 3. The second-order valence-corrected chi connectivity index (χ2v) is 17.6. The summed E-state index contributed by atoms with van der Waals surface area (Å²) in [6, 6.07) is 15.7. The van der Waals surface area contributed by atoms with E-state index in [1.165, 1.54) is 0 Å². The highest BCUT2D eigenvalue weighted by Crippen LogP contribution is 2.37. The number of hydrogen-bond acceptors (Lipinski definition) is 11. The van der Waals surface area contributed by atoms with Crippen molar-refractivity contribution in [3.05, 3.63) is 87.8 Å². The van der Waals surface area contributed by atoms with Gasteiger partial charge >= 0.3 is 0 Å². The summed E-state index contributed by atoms with van der Waals surface area (Å²) in [5.41, 5.74) is 3.57. The van der Waals surface area contributed by atoms with Crippen molar-refractivity contribution in [3.63, 3.8) is 0 Å². The molecular formula is C42H50N10O6S. The summed E-state index contributed by atoms with van der Waals surface area (Å²) in [5, 5.41) is 6.57. The Kier molecular flexibility index (Phi) is 11.7. The molecule has 0 radical (unpaired) electrons. The molecule has 4 aliphatic rings. The molecule has 3 fully saturated rings. The van der Waals surface area contributed by atoms with Gasteiger partial charge in [-0.1, -0.05) is 31.0 Å². The number of carbonyl (C=O) groups is 4. The van der Waals surface area contributed by atoms with Crippen LogP contribution >= 0.6 is 0 Å². The Hall–Kier alpha value is -5.36. The van der Waals surface area contributed by atoms with Gasteiger partial charge in [-0.2, -0.15) is 4.98 Å². The van der Waals surface area contributed by atoms with Crippen molar-refractivity contribution in [1.29, 1.82) is 0 Å². The number of amides is 4. The zero-order valence-electron chi connectivity index (χ0n) is 33.6. The number of carbonyl (C=O) groups excluding carboxylic acids is 4. The van der Waals surface area contributed by atoms with Gasteiger partial charge in [0.1, 0.15) is 11.7 Å². The highest BCUT2D eigenvalue weighted by Gasteiger charge is 2.46. The van der Waals surface area contributed by atoms with Crippen LogP contribution in [0.5, 0.6) is 0 Å². The van der Waals surface area contributed by atoms with Gasteiger partial charge in [-0.15, -0.1) is 0 Å². The van der Waals surface area contributed by atoms with E-state index in [9.17, 15) is 28.2 Å². The van der Waals surface area contributed by atoms with Crippen LogP contribution in [-0.2, 0) is 27.3 Å². The Morgan fingerprint density at radius 2 is 1.61 bits per heavy atom. The van der Waals surface area contributed by atoms with Crippen LogP contribution in [0.4, 0.5) is 17.3 Å². The summed E-state index contributed by atoms with van der Waals surface area (Å²) in [7, 11) is 5.74. The average Bonchev–Trinajstić information content (AvgIpc) is 3.86. The number of fused-ring (bicyclic) bond motifs is 2. The van der Waals surface area contributed by atoms with E-state index in [4.69, 9.17) is 4.98 Å². The molecule has 2 aromatic carbocycles. The van der Waals surface area contributed by atoms with Gasteiger partial charge in [0.15, 0.2) is 11.2 Å². The topological polar surface area (TPSA) is 173 Å². The fourth-order valence-electron chi connectivity index (χ4n) is 8.68. The number of pyridine rings is 1. The number of imide groups is 2. The van der Waals surface area contributed by atoms with E-state index in [0.717, 1.165) is 60.1 Å². The minimum atomic E-state index is -1.28. The van der Waals surface area contributed by atoms with E-state index in [1.807, 2.05) is 63.5 Å². The number of nitrogens with zero attached hydrogens (tertiary/aromatic N) is 8. The predicted octanol–water partition coefficient (Wildman–Crippen LogP) is 3.59. The fraction of sp³-hybridized carbons (Fsp3) is 0.452. The maximum Gasteiger partial charge on any atom is 0.264 e. The van der Waals surface area contributed by atoms with Crippen LogP contribution in [0.1, 0.15) is 83.7 Å². The molecule has 0 spiro atoms. The van der Waals surface area contributed by atoms with Gasteiger partial charge in [-0.05, 0) is 75.0 Å². The Morgan fingerprint density at radius 3 is 2.34 bits per heavy atom. The van der Waals surface area contributed by atoms with Crippen molar-refractivity contribution < 1.29 is 23.4 Å². The molecule has 16 nitrogen and oxygen atoms in total. The third-order valence-electron chi connectivity index (χ3n) is 12.0. The van der Waals surface area contributed by atoms with Crippen molar-refractivity contribution >= 4 is 63.2 Å². The average molecular weight is 823 g/mol. The smallest absolute Gasteiger partial charge is 0.264 e. The number of hydrogen-bond donors (Lipinski definition) is 2. The van der Waals surface area contributed by atoms with Gasteiger partial charge in [0.05, 0.1) is 16.8 Å². The Balaban J connectivity index is 0.811. The van der Waals surface area contributed by atoms with Gasteiger partial charge < -0.3 is 15.1 Å². The van der Waals surface area contributed by atoms with Crippen LogP contribution in [0.2, 0.25) is 0 Å². The monoisotopic (exact) mass is 822 g/mol. The standard InChI is InChI=1S/C42H50N10O6S/c1-47(26-27-11-14-30(15-12-27)49(3)33-10-6-9-32-37(33)41(57)52(40(32)56)34-16-17-35(53)45-39(34)55)23-24-48(2)59(58)50-21-19-29(20-22-50)44-42-43-25-28-13-18-36(54)51(38(28)46-42)31-7-4-5-8-31/h6,9-15,18,25,29,31,34H,4-5,7-8,16-17,19-24,26H2,1-3H3,(H,43,44,46)(H,45,53,55). The first kappa shape index (κ1) is 40.4. The molecule has 1 aliphatic carbocycles. The summed E-state index contributed by atoms with van der Waals surface area (Å²) in [5.74, 6) is -1.63. The van der Waals surface area contributed by atoms with E-state index in [1.54, 1.807) is 36.5 Å². The number of nitrogens with one attached hydrogen (secondary N) is 2. The highest BCUT2D eigenvalue weighted by atomic mass is 32.2. The maximum absolute atomic E-state index is 13.6. The second kappa shape index (κ2) is 17.1. The van der Waals surface area contributed by atoms with Crippen LogP contribution in [0, 0.1) is 0 Å². The van der Waals surface area contributed by atoms with E-state index in [-0.39, 0.29) is 41.6 Å². The summed E-state index contributed by atoms with van der Waals surface area (Å²) >= 11 is -1.28. The summed E-state index contributed by atoms with van der Waals surface area (Å²) in [6.07, 6.45) is 7.75. The third-order valence-corrected chi connectivity index (χ3v) is 13.5. The van der Waals surface area contributed by atoms with Gasteiger partial charge in [0.2, 0.25) is 17.8 Å². The fourth-order valence-corrected chi connectivity index (χ4v) is 9.84. The molecule has 2 saturated heterocycles. The van der Waals surface area contributed by atoms with Gasteiger partial charge in [-0.3, -0.25) is 38.8 Å². The molecule has 17 heteroatoms. The van der Waals surface area contributed by atoms with E-state index < -0.39 is 40.8 Å². The molecule has 310 valence electrons. The van der Waals surface area contributed by atoms with Gasteiger partial charge in [-0.25, -0.2) is 17.8 Å². The molecule has 3 aliphatic heterocycles. The lowest BCUT2D eigenvalue weighted by atomic mass is 10.0. The van der Waals surface area contributed by atoms with Crippen LogP contribution in [0.15, 0.2) is 65.6 Å². The lowest BCUT2D eigenvalue weighted by Gasteiger charge is -2.33. The molecular weight excluding hydrogens is 773 g/mol. The lowest BCUT2D eigenvalue weighted by molar-refractivity contribution is -0.136. The zero-order valence-corrected chi connectivity index (χ0v) is 34.4. The number of piperidine rings is 2. The van der Waals surface area contributed by atoms with E-state index in [2.05, 4.69) is 20.5 Å². The molecule has 2 N–H and O–H groups in total. The van der Waals surface area contributed by atoms with Crippen molar-refractivity contribution in [2.45, 2.75) is 76.0 Å². The van der Waals surface area contributed by atoms with Crippen LogP contribution in [-0.4, -0.2) is 120 Å². The molecule has 4 aromatic rings. The van der Waals surface area contributed by atoms with Crippen molar-refractivity contribution in [2.75, 3.05) is 57.5 Å². The van der Waals surface area contributed by atoms with Crippen molar-refractivity contribution in [2.24, 2.45) is 0 Å². The first-order chi connectivity index (χ1) is 28.5. The molecule has 1 saturated carbocycles. The molecule has 59 heavy (non-hydrogen) atoms. The third kappa shape index (κ3) is 8.29. The highest BCUT2D eigenvalue weighted by molar-refractivity contribution is 7.80. The summed E-state index contributed by atoms with van der Waals surface area (Å²) in [6.45, 7) is 3.31. The van der Waals surface area contributed by atoms with Crippen LogP contribution in [0.25, 0.3) is 11.0 Å². The molecule has 2 aromatic heterocycles. The number of aromatic nitrogens is 3. The maximum atomic E-state index is 13.6. The summed E-state index contributed by atoms with van der Waals surface area (Å²) in [4.78, 5) is 78.4. The van der Waals surface area contributed by atoms with Crippen LogP contribution in [0.3, 0.4) is 0 Å². The Labute approximate surface area is 345 Å². The molecule has 2 unspecified atom stereocenters. The zero-order chi connectivity index (χ0) is 41.4. The lowest BCUT2D eigenvalue weighted by Crippen LogP contribution is -2.54. The number of benzene rings is 2. The van der Waals surface area contributed by atoms with E-state index in [0.29, 0.717) is 50.0 Å². The first-order valence-corrected chi connectivity index (χ1v) is 21.4. The SMILES string of the molecule is CN(CCN(C)S(=O)N1CCC(Nc2ncc3ccc(=O)n(C4CCCC4)c3n2)CC1)Cc1ccc(N(C)c2cccc3c2C(=O)N(C2CCC(=O)NC2=O)C3=O)cc1. The summed E-state index contributed by atoms with van der Waals surface area (Å²) < 4.78 is 19.2. The molecule has 0 bridgehead atoms. The van der Waals surface area contributed by atoms with Crippen molar-refractivity contribution in [1.82, 2.24) is 38.3 Å². The van der Waals surface area contributed by atoms with Crippen LogP contribution < -0.4 is 21.1 Å². The van der Waals surface area contributed by atoms with Crippen molar-refractivity contribution in [3.8, 4) is 0 Å².